The molecule has 0 amide bonds. The van der Waals surface area contributed by atoms with Crippen molar-refractivity contribution in [3.05, 3.63) is 89.5 Å². The molecule has 1 unspecified atom stereocenters. The van der Waals surface area contributed by atoms with Gasteiger partial charge in [-0.3, -0.25) is 0 Å². The minimum atomic E-state index is -0.671. The predicted octanol–water partition coefficient (Wildman–Crippen LogP) is 10.2. The van der Waals surface area contributed by atoms with Crippen molar-refractivity contribution in [1.29, 1.82) is 0 Å². The van der Waals surface area contributed by atoms with E-state index in [1.54, 1.807) is 45.0 Å². The monoisotopic (exact) mass is 580 g/mol. The molecular weight excluding hydrogens is 528 g/mol. The van der Waals surface area contributed by atoms with E-state index in [1.165, 1.54) is 16.7 Å². The van der Waals surface area contributed by atoms with Gasteiger partial charge in [-0.25, -0.2) is 4.79 Å². The fraction of sp³-hybridized carbons (Fsp3) is 0.472. The number of phenols is 1. The maximum atomic E-state index is 11.4. The maximum absolute atomic E-state index is 11.4. The lowest BCUT2D eigenvalue weighted by molar-refractivity contribution is -0.0613. The molecule has 0 heterocycles. The van der Waals surface area contributed by atoms with E-state index in [2.05, 4.69) is 53.7 Å². The molecule has 0 radical (unpaired) electrons. The SMILES string of the molecule is CC(C)c1ccc(O)cc1.CC(C)c1ccc(OC(=O)OC(C)(C)C)cc1.CCOC(C)Oc1ccc(C(C)C)cc1. The summed E-state index contributed by atoms with van der Waals surface area (Å²) in [6, 6.07) is 22.9. The second-order valence-corrected chi connectivity index (χ2v) is 11.9. The molecule has 6 heteroatoms. The van der Waals surface area contributed by atoms with Gasteiger partial charge in [0, 0.05) is 6.61 Å². The van der Waals surface area contributed by atoms with Crippen molar-refractivity contribution < 1.29 is 28.8 Å². The first-order chi connectivity index (χ1) is 19.6. The lowest BCUT2D eigenvalue weighted by Crippen LogP contribution is -2.25. The van der Waals surface area contributed by atoms with Gasteiger partial charge >= 0.3 is 6.16 Å². The quantitative estimate of drug-likeness (QED) is 0.162. The van der Waals surface area contributed by atoms with Gasteiger partial charge in [-0.05, 0) is 105 Å². The van der Waals surface area contributed by atoms with E-state index in [9.17, 15) is 4.79 Å². The Bertz CT molecular complexity index is 1140. The first-order valence-corrected chi connectivity index (χ1v) is 14.8. The minimum Gasteiger partial charge on any atom is -0.508 e. The van der Waals surface area contributed by atoms with Gasteiger partial charge in [-0.1, -0.05) is 77.9 Å². The Morgan fingerprint density at radius 2 is 1.05 bits per heavy atom. The highest BCUT2D eigenvalue weighted by Crippen LogP contribution is 2.21. The average molecular weight is 581 g/mol. The van der Waals surface area contributed by atoms with Crippen LogP contribution in [0.1, 0.15) is 111 Å². The first-order valence-electron chi connectivity index (χ1n) is 14.8. The number of aromatic hydroxyl groups is 1. The van der Waals surface area contributed by atoms with E-state index in [4.69, 9.17) is 24.1 Å². The van der Waals surface area contributed by atoms with Gasteiger partial charge in [-0.15, -0.1) is 0 Å². The van der Waals surface area contributed by atoms with Gasteiger partial charge in [-0.2, -0.15) is 0 Å². The summed E-state index contributed by atoms with van der Waals surface area (Å²) in [5.41, 5.74) is 3.26. The third-order valence-electron chi connectivity index (χ3n) is 5.95. The van der Waals surface area contributed by atoms with E-state index in [-0.39, 0.29) is 6.29 Å². The predicted molar refractivity (Wildman–Crippen MR) is 172 cm³/mol. The Hall–Kier alpha value is -3.51. The minimum absolute atomic E-state index is 0.181. The third kappa shape index (κ3) is 15.5. The van der Waals surface area contributed by atoms with Gasteiger partial charge < -0.3 is 24.1 Å². The van der Waals surface area contributed by atoms with E-state index < -0.39 is 11.8 Å². The average Bonchev–Trinajstić information content (AvgIpc) is 2.89. The number of hydrogen-bond donors (Lipinski definition) is 1. The fourth-order valence-electron chi connectivity index (χ4n) is 3.54. The molecule has 0 fully saturated rings. The second kappa shape index (κ2) is 18.1. The highest BCUT2D eigenvalue weighted by Gasteiger charge is 2.18. The first kappa shape index (κ1) is 36.5. The molecule has 0 saturated heterocycles. The zero-order chi connectivity index (χ0) is 31.9. The van der Waals surface area contributed by atoms with Gasteiger partial charge in [0.25, 0.3) is 0 Å². The summed E-state index contributed by atoms with van der Waals surface area (Å²) in [7, 11) is 0. The number of carbonyl (C=O) groups excluding carboxylic acids is 1. The van der Waals surface area contributed by atoms with Crippen LogP contribution in [0.15, 0.2) is 72.8 Å². The molecule has 0 aromatic heterocycles. The summed E-state index contributed by atoms with van der Waals surface area (Å²) >= 11 is 0. The zero-order valence-electron chi connectivity index (χ0n) is 27.4. The van der Waals surface area contributed by atoms with Crippen LogP contribution in [0, 0.1) is 0 Å². The summed E-state index contributed by atoms with van der Waals surface area (Å²) in [4.78, 5) is 11.4. The van der Waals surface area contributed by atoms with Crippen molar-refractivity contribution in [2.45, 2.75) is 106 Å². The van der Waals surface area contributed by atoms with Crippen LogP contribution >= 0.6 is 0 Å². The van der Waals surface area contributed by atoms with Crippen LogP contribution in [0.25, 0.3) is 0 Å². The second-order valence-electron chi connectivity index (χ2n) is 11.9. The number of carbonyl (C=O) groups is 1. The maximum Gasteiger partial charge on any atom is 0.514 e. The van der Waals surface area contributed by atoms with E-state index in [1.807, 2.05) is 50.2 Å². The Kier molecular flexibility index (Phi) is 15.8. The van der Waals surface area contributed by atoms with Crippen LogP contribution in [0.4, 0.5) is 4.79 Å². The smallest absolute Gasteiger partial charge is 0.508 e. The normalized spacial score (nSPS) is 11.7. The van der Waals surface area contributed by atoms with Crippen LogP contribution in [-0.4, -0.2) is 29.8 Å². The molecule has 3 aromatic carbocycles. The molecule has 6 nitrogen and oxygen atoms in total. The van der Waals surface area contributed by atoms with E-state index >= 15 is 0 Å². The molecule has 42 heavy (non-hydrogen) atoms. The summed E-state index contributed by atoms with van der Waals surface area (Å²) in [5.74, 6) is 3.27. The summed E-state index contributed by atoms with van der Waals surface area (Å²) in [5, 5.41) is 8.94. The number of benzene rings is 3. The number of rotatable bonds is 8. The Morgan fingerprint density at radius 1 is 0.667 bits per heavy atom. The van der Waals surface area contributed by atoms with E-state index in [0.717, 1.165) is 5.75 Å². The van der Waals surface area contributed by atoms with Crippen molar-refractivity contribution in [3.8, 4) is 17.2 Å². The van der Waals surface area contributed by atoms with Crippen molar-refractivity contribution in [1.82, 2.24) is 0 Å². The highest BCUT2D eigenvalue weighted by atomic mass is 16.7. The Balaban J connectivity index is 0.000000325. The molecule has 1 N–H and O–H groups in total. The van der Waals surface area contributed by atoms with Crippen molar-refractivity contribution in [3.63, 3.8) is 0 Å². The lowest BCUT2D eigenvalue weighted by Gasteiger charge is -2.18. The molecule has 3 aromatic rings. The molecule has 1 atom stereocenters. The van der Waals surface area contributed by atoms with Crippen LogP contribution < -0.4 is 9.47 Å². The summed E-state index contributed by atoms with van der Waals surface area (Å²) in [6.45, 7) is 22.8. The van der Waals surface area contributed by atoms with Crippen molar-refractivity contribution >= 4 is 6.16 Å². The molecule has 0 spiro atoms. The van der Waals surface area contributed by atoms with Crippen LogP contribution in [0.3, 0.4) is 0 Å². The Labute approximate surface area is 254 Å². The molecule has 0 aliphatic heterocycles. The van der Waals surface area contributed by atoms with Gasteiger partial charge in [0.2, 0.25) is 0 Å². The van der Waals surface area contributed by atoms with Gasteiger partial charge in [0.05, 0.1) is 0 Å². The molecule has 0 bridgehead atoms. The molecular formula is C36H52O6. The fourth-order valence-corrected chi connectivity index (χ4v) is 3.54. The summed E-state index contributed by atoms with van der Waals surface area (Å²) in [6.07, 6.45) is -0.852. The molecule has 0 aliphatic rings. The standard InChI is InChI=1S/C14H20O3.C13H20O2.C9H12O/c1-10(2)11-6-8-12(9-7-11)16-13(15)17-14(3,4)5;1-5-14-11(4)15-13-8-6-12(7-9-13)10(2)3;1-7(2)8-3-5-9(10)6-4-8/h6-10H,1-5H3;6-11H,5H2,1-4H3;3-7,10H,1-2H3. The topological polar surface area (TPSA) is 74.2 Å². The summed E-state index contributed by atoms with van der Waals surface area (Å²) < 4.78 is 21.0. The molecule has 0 saturated carbocycles. The van der Waals surface area contributed by atoms with Crippen LogP contribution in [0.5, 0.6) is 17.2 Å². The number of hydrogen-bond acceptors (Lipinski definition) is 6. The lowest BCUT2D eigenvalue weighted by atomic mass is 10.0. The van der Waals surface area contributed by atoms with Crippen molar-refractivity contribution in [2.75, 3.05) is 6.61 Å². The third-order valence-corrected chi connectivity index (χ3v) is 5.95. The molecule has 0 aliphatic carbocycles. The van der Waals surface area contributed by atoms with Gasteiger partial charge in [0.1, 0.15) is 22.8 Å². The van der Waals surface area contributed by atoms with Crippen LogP contribution in [0.2, 0.25) is 0 Å². The molecule has 232 valence electrons. The number of phenolic OH excluding ortho intramolecular Hbond substituents is 1. The van der Waals surface area contributed by atoms with Crippen LogP contribution in [-0.2, 0) is 9.47 Å². The largest absolute Gasteiger partial charge is 0.514 e. The Morgan fingerprint density at radius 3 is 1.40 bits per heavy atom. The highest BCUT2D eigenvalue weighted by molar-refractivity contribution is 5.64. The van der Waals surface area contributed by atoms with E-state index in [0.29, 0.717) is 35.9 Å². The van der Waals surface area contributed by atoms with Gasteiger partial charge in [0.15, 0.2) is 6.29 Å². The van der Waals surface area contributed by atoms with Crippen molar-refractivity contribution in [2.24, 2.45) is 0 Å². The number of ether oxygens (including phenoxy) is 4. The molecule has 3 rings (SSSR count). The zero-order valence-corrected chi connectivity index (χ0v) is 27.4.